The van der Waals surface area contributed by atoms with E-state index >= 15 is 0 Å². The van der Waals surface area contributed by atoms with Gasteiger partial charge in [-0.05, 0) is 24.5 Å². The van der Waals surface area contributed by atoms with Crippen molar-refractivity contribution in [2.24, 2.45) is 11.1 Å². The molecule has 2 N–H and O–H groups in total. The molecule has 1 aliphatic carbocycles. The van der Waals surface area contributed by atoms with Crippen molar-refractivity contribution in [3.8, 4) is 0 Å². The van der Waals surface area contributed by atoms with Gasteiger partial charge in [-0.25, -0.2) is 13.6 Å². The van der Waals surface area contributed by atoms with Gasteiger partial charge in [-0.15, -0.1) is 0 Å². The lowest BCUT2D eigenvalue weighted by molar-refractivity contribution is -0.117. The van der Waals surface area contributed by atoms with Crippen molar-refractivity contribution in [3.63, 3.8) is 0 Å². The summed E-state index contributed by atoms with van der Waals surface area (Å²) in [7, 11) is -3.83. The molecule has 1 aliphatic rings. The van der Waals surface area contributed by atoms with E-state index in [0.717, 1.165) is 25.7 Å². The standard InChI is InChI=1S/C16H21NO4S/c1-11(15(18)10-22(17,20)21)13-7-4-8-14(9-13)16(19)12-5-2-3-6-12/h4,7-9,11-12H,2-3,5-6,10H2,1H3,(H2,17,20,21)/t11-/m1/s1. The van der Waals surface area contributed by atoms with E-state index in [1.54, 1.807) is 31.2 Å². The molecule has 22 heavy (non-hydrogen) atoms. The van der Waals surface area contributed by atoms with Gasteiger partial charge >= 0.3 is 0 Å². The highest BCUT2D eigenvalue weighted by Gasteiger charge is 2.25. The number of ketones is 2. The van der Waals surface area contributed by atoms with Gasteiger partial charge in [-0.2, -0.15) is 0 Å². The number of carbonyl (C=O) groups excluding carboxylic acids is 2. The second-order valence-electron chi connectivity index (χ2n) is 5.97. The maximum absolute atomic E-state index is 12.4. The summed E-state index contributed by atoms with van der Waals surface area (Å²) in [5.41, 5.74) is 1.25. The lowest BCUT2D eigenvalue weighted by Crippen LogP contribution is -2.26. The van der Waals surface area contributed by atoms with Crippen molar-refractivity contribution in [1.82, 2.24) is 0 Å². The summed E-state index contributed by atoms with van der Waals surface area (Å²) in [4.78, 5) is 24.4. The number of hydrogen-bond acceptors (Lipinski definition) is 4. The highest BCUT2D eigenvalue weighted by molar-refractivity contribution is 7.89. The van der Waals surface area contributed by atoms with Gasteiger partial charge in [-0.3, -0.25) is 9.59 Å². The molecule has 0 bridgehead atoms. The van der Waals surface area contributed by atoms with Crippen LogP contribution in [0.4, 0.5) is 0 Å². The molecule has 2 rings (SSSR count). The molecule has 6 heteroatoms. The third kappa shape index (κ3) is 4.24. The van der Waals surface area contributed by atoms with Crippen molar-refractivity contribution in [1.29, 1.82) is 0 Å². The van der Waals surface area contributed by atoms with Crippen LogP contribution in [0.3, 0.4) is 0 Å². The van der Waals surface area contributed by atoms with Crippen molar-refractivity contribution < 1.29 is 18.0 Å². The van der Waals surface area contributed by atoms with Gasteiger partial charge in [0.05, 0.1) is 0 Å². The Morgan fingerprint density at radius 2 is 1.91 bits per heavy atom. The van der Waals surface area contributed by atoms with E-state index in [0.29, 0.717) is 11.1 Å². The van der Waals surface area contributed by atoms with E-state index in [-0.39, 0.29) is 11.7 Å². The largest absolute Gasteiger partial charge is 0.298 e. The molecule has 120 valence electrons. The fourth-order valence-electron chi connectivity index (χ4n) is 2.89. The molecule has 1 saturated carbocycles. The van der Waals surface area contributed by atoms with Gasteiger partial charge < -0.3 is 0 Å². The summed E-state index contributed by atoms with van der Waals surface area (Å²) >= 11 is 0. The third-order valence-electron chi connectivity index (χ3n) is 4.22. The Bertz CT molecular complexity index is 675. The molecular weight excluding hydrogens is 302 g/mol. The Labute approximate surface area is 130 Å². The molecule has 0 aromatic heterocycles. The van der Waals surface area contributed by atoms with Gasteiger partial charge in [0, 0.05) is 17.4 Å². The van der Waals surface area contributed by atoms with E-state index in [2.05, 4.69) is 0 Å². The van der Waals surface area contributed by atoms with Gasteiger partial charge in [0.1, 0.15) is 5.75 Å². The first-order valence-electron chi connectivity index (χ1n) is 7.45. The second-order valence-corrected chi connectivity index (χ2v) is 7.58. The number of nitrogens with two attached hydrogens (primary N) is 1. The minimum Gasteiger partial charge on any atom is -0.298 e. The highest BCUT2D eigenvalue weighted by Crippen LogP contribution is 2.29. The van der Waals surface area contributed by atoms with Crippen LogP contribution in [-0.4, -0.2) is 25.7 Å². The molecule has 1 atom stereocenters. The molecule has 0 unspecified atom stereocenters. The van der Waals surface area contributed by atoms with Crippen LogP contribution < -0.4 is 5.14 Å². The monoisotopic (exact) mass is 323 g/mol. The highest BCUT2D eigenvalue weighted by atomic mass is 32.2. The Balaban J connectivity index is 2.17. The van der Waals surface area contributed by atoms with Crippen LogP contribution in [0.5, 0.6) is 0 Å². The second kappa shape index (κ2) is 6.71. The van der Waals surface area contributed by atoms with Gasteiger partial charge in [0.15, 0.2) is 11.6 Å². The molecule has 0 radical (unpaired) electrons. The number of carbonyl (C=O) groups is 2. The number of Topliss-reactive ketones (excluding diaryl/α,β-unsaturated/α-hetero) is 2. The van der Waals surface area contributed by atoms with Gasteiger partial charge in [0.25, 0.3) is 0 Å². The quantitative estimate of drug-likeness (QED) is 0.810. The van der Waals surface area contributed by atoms with E-state index in [9.17, 15) is 18.0 Å². The topological polar surface area (TPSA) is 94.3 Å². The van der Waals surface area contributed by atoms with Gasteiger partial charge in [0.2, 0.25) is 10.0 Å². The van der Waals surface area contributed by atoms with Crippen molar-refractivity contribution >= 4 is 21.6 Å². The SMILES string of the molecule is C[C@@H](C(=O)CS(N)(=O)=O)c1cccc(C(=O)C2CCCC2)c1. The molecule has 0 spiro atoms. The summed E-state index contributed by atoms with van der Waals surface area (Å²) < 4.78 is 22.1. The van der Waals surface area contributed by atoms with E-state index in [4.69, 9.17) is 5.14 Å². The molecule has 1 aromatic rings. The number of rotatable bonds is 6. The first-order valence-corrected chi connectivity index (χ1v) is 9.17. The van der Waals surface area contributed by atoms with Crippen molar-refractivity contribution in [2.45, 2.75) is 38.5 Å². The number of benzene rings is 1. The fraction of sp³-hybridized carbons (Fsp3) is 0.500. The fourth-order valence-corrected chi connectivity index (χ4v) is 3.54. The zero-order chi connectivity index (χ0) is 16.3. The zero-order valence-corrected chi connectivity index (χ0v) is 13.4. The zero-order valence-electron chi connectivity index (χ0n) is 12.6. The Kier molecular flexibility index (Phi) is 5.13. The van der Waals surface area contributed by atoms with Crippen LogP contribution in [0.25, 0.3) is 0 Å². The van der Waals surface area contributed by atoms with Crippen LogP contribution in [0.2, 0.25) is 0 Å². The van der Waals surface area contributed by atoms with E-state index in [1.807, 2.05) is 0 Å². The average Bonchev–Trinajstić information content (AvgIpc) is 2.98. The maximum Gasteiger partial charge on any atom is 0.216 e. The number of hydrogen-bond donors (Lipinski definition) is 1. The summed E-state index contributed by atoms with van der Waals surface area (Å²) in [6, 6.07) is 6.92. The van der Waals surface area contributed by atoms with Crippen LogP contribution in [-0.2, 0) is 14.8 Å². The minimum absolute atomic E-state index is 0.0747. The van der Waals surface area contributed by atoms with E-state index < -0.39 is 27.5 Å². The molecular formula is C16H21NO4S. The Hall–Kier alpha value is -1.53. The maximum atomic E-state index is 12.4. The molecule has 5 nitrogen and oxygen atoms in total. The van der Waals surface area contributed by atoms with Crippen molar-refractivity contribution in [2.75, 3.05) is 5.75 Å². The van der Waals surface area contributed by atoms with Crippen LogP contribution in [0.1, 0.15) is 54.4 Å². The van der Waals surface area contributed by atoms with Crippen LogP contribution in [0.15, 0.2) is 24.3 Å². The third-order valence-corrected chi connectivity index (χ3v) is 4.91. The Morgan fingerprint density at radius 1 is 1.27 bits per heavy atom. The molecule has 0 heterocycles. The predicted octanol–water partition coefficient (Wildman–Crippen LogP) is 2.02. The molecule has 1 fully saturated rings. The molecule has 0 amide bonds. The molecule has 0 saturated heterocycles. The normalized spacial score (nSPS) is 17.4. The summed E-state index contributed by atoms with van der Waals surface area (Å²) in [5, 5.41) is 4.91. The summed E-state index contributed by atoms with van der Waals surface area (Å²) in [5.74, 6) is -1.56. The minimum atomic E-state index is -3.83. The predicted molar refractivity (Wildman–Crippen MR) is 84.1 cm³/mol. The lowest BCUT2D eigenvalue weighted by Gasteiger charge is -2.13. The molecule has 1 aromatic carbocycles. The summed E-state index contributed by atoms with van der Waals surface area (Å²) in [6.45, 7) is 1.63. The first kappa shape index (κ1) is 16.8. The first-order chi connectivity index (χ1) is 10.3. The lowest BCUT2D eigenvalue weighted by atomic mass is 9.91. The average molecular weight is 323 g/mol. The van der Waals surface area contributed by atoms with Crippen LogP contribution >= 0.6 is 0 Å². The number of primary sulfonamides is 1. The smallest absolute Gasteiger partial charge is 0.216 e. The van der Waals surface area contributed by atoms with Gasteiger partial charge in [-0.1, -0.05) is 38.0 Å². The Morgan fingerprint density at radius 3 is 2.50 bits per heavy atom. The van der Waals surface area contributed by atoms with Crippen LogP contribution in [0, 0.1) is 5.92 Å². The molecule has 0 aliphatic heterocycles. The number of sulfonamides is 1. The van der Waals surface area contributed by atoms with E-state index in [1.165, 1.54) is 0 Å². The van der Waals surface area contributed by atoms with Crippen molar-refractivity contribution in [3.05, 3.63) is 35.4 Å². The summed E-state index contributed by atoms with van der Waals surface area (Å²) in [6.07, 6.45) is 4.00.